The van der Waals surface area contributed by atoms with E-state index in [2.05, 4.69) is 17.3 Å². The molecule has 0 unspecified atom stereocenters. The van der Waals surface area contributed by atoms with E-state index in [1.54, 1.807) is 7.11 Å². The van der Waals surface area contributed by atoms with Gasteiger partial charge < -0.3 is 10.1 Å². The number of rotatable bonds is 7. The van der Waals surface area contributed by atoms with Crippen molar-refractivity contribution < 1.29 is 4.74 Å². The maximum Gasteiger partial charge on any atom is 0.0537 e. The highest BCUT2D eigenvalue weighted by Gasteiger charge is 2.41. The second-order valence-corrected chi connectivity index (χ2v) is 5.23. The van der Waals surface area contributed by atoms with Crippen LogP contribution in [0.3, 0.4) is 0 Å². The number of nitrogens with one attached hydrogen (secondary N) is 1. The van der Waals surface area contributed by atoms with Gasteiger partial charge in [0.15, 0.2) is 0 Å². The van der Waals surface area contributed by atoms with E-state index < -0.39 is 0 Å². The van der Waals surface area contributed by atoms with Gasteiger partial charge in [0.05, 0.1) is 6.20 Å². The van der Waals surface area contributed by atoms with E-state index in [-0.39, 0.29) is 0 Å². The summed E-state index contributed by atoms with van der Waals surface area (Å²) in [4.78, 5) is 0. The lowest BCUT2D eigenvalue weighted by atomic mass is 10.0. The molecule has 0 spiro atoms. The maximum absolute atomic E-state index is 5.16. The maximum atomic E-state index is 5.16. The van der Waals surface area contributed by atoms with Gasteiger partial charge in [0.1, 0.15) is 0 Å². The minimum Gasteiger partial charge on any atom is -0.385 e. The highest BCUT2D eigenvalue weighted by molar-refractivity contribution is 5.15. The summed E-state index contributed by atoms with van der Waals surface area (Å²) in [5.41, 5.74) is 3.07. The molecular weight excluding hydrogens is 214 g/mol. The summed E-state index contributed by atoms with van der Waals surface area (Å²) >= 11 is 0. The summed E-state index contributed by atoms with van der Waals surface area (Å²) in [7, 11) is 3.77. The minimum absolute atomic E-state index is 0.520. The zero-order valence-electron chi connectivity index (χ0n) is 11.1. The SMILES string of the molecule is COCCC1(CNCc2cnn(C)c2C)CC1. The predicted molar refractivity (Wildman–Crippen MR) is 67.8 cm³/mol. The lowest BCUT2D eigenvalue weighted by Gasteiger charge is -2.15. The van der Waals surface area contributed by atoms with Crippen LogP contribution in [-0.4, -0.2) is 30.0 Å². The zero-order chi connectivity index (χ0) is 12.3. The first-order valence-electron chi connectivity index (χ1n) is 6.34. The van der Waals surface area contributed by atoms with E-state index in [1.807, 2.05) is 17.9 Å². The molecule has 0 aliphatic heterocycles. The summed E-state index contributed by atoms with van der Waals surface area (Å²) in [5, 5.41) is 7.81. The molecule has 4 nitrogen and oxygen atoms in total. The molecule has 1 heterocycles. The molecule has 1 aliphatic carbocycles. The molecule has 2 rings (SSSR count). The molecule has 1 saturated carbocycles. The molecule has 1 aliphatic rings. The molecule has 0 bridgehead atoms. The second kappa shape index (κ2) is 5.19. The van der Waals surface area contributed by atoms with Crippen LogP contribution in [0.25, 0.3) is 0 Å². The molecule has 0 saturated heterocycles. The first-order chi connectivity index (χ1) is 8.17. The molecule has 0 aromatic carbocycles. The molecule has 1 N–H and O–H groups in total. The third-order valence-corrected chi connectivity index (χ3v) is 3.95. The van der Waals surface area contributed by atoms with Gasteiger partial charge in [-0.05, 0) is 31.6 Å². The Balaban J connectivity index is 1.74. The monoisotopic (exact) mass is 237 g/mol. The van der Waals surface area contributed by atoms with E-state index in [9.17, 15) is 0 Å². The lowest BCUT2D eigenvalue weighted by Crippen LogP contribution is -2.24. The third kappa shape index (κ3) is 3.07. The Morgan fingerprint density at radius 1 is 1.53 bits per heavy atom. The van der Waals surface area contributed by atoms with E-state index in [4.69, 9.17) is 4.74 Å². The van der Waals surface area contributed by atoms with Crippen LogP contribution < -0.4 is 5.32 Å². The van der Waals surface area contributed by atoms with Crippen molar-refractivity contribution in [1.29, 1.82) is 0 Å². The molecule has 4 heteroatoms. The fourth-order valence-corrected chi connectivity index (χ4v) is 2.19. The van der Waals surface area contributed by atoms with Crippen LogP contribution in [0, 0.1) is 12.3 Å². The van der Waals surface area contributed by atoms with Crippen molar-refractivity contribution in [1.82, 2.24) is 15.1 Å². The van der Waals surface area contributed by atoms with E-state index in [0.717, 1.165) is 19.7 Å². The van der Waals surface area contributed by atoms with Crippen LogP contribution in [0.5, 0.6) is 0 Å². The third-order valence-electron chi connectivity index (χ3n) is 3.95. The van der Waals surface area contributed by atoms with Gasteiger partial charge in [0, 0.05) is 45.1 Å². The Morgan fingerprint density at radius 3 is 2.82 bits per heavy atom. The molecular formula is C13H23N3O. The average Bonchev–Trinajstić information content (AvgIpc) is 3.03. The van der Waals surface area contributed by atoms with Crippen LogP contribution in [0.4, 0.5) is 0 Å². The van der Waals surface area contributed by atoms with Gasteiger partial charge in [-0.15, -0.1) is 0 Å². The standard InChI is InChI=1S/C13H23N3O/c1-11-12(9-15-16(11)2)8-14-10-13(4-5-13)6-7-17-3/h9,14H,4-8,10H2,1-3H3. The van der Waals surface area contributed by atoms with Gasteiger partial charge in [-0.25, -0.2) is 0 Å². The predicted octanol–water partition coefficient (Wildman–Crippen LogP) is 1.63. The summed E-state index contributed by atoms with van der Waals surface area (Å²) in [6.07, 6.45) is 5.82. The van der Waals surface area contributed by atoms with Crippen LogP contribution in [0.1, 0.15) is 30.5 Å². The number of nitrogens with zero attached hydrogens (tertiary/aromatic N) is 2. The number of methoxy groups -OCH3 is 1. The van der Waals surface area contributed by atoms with E-state index in [0.29, 0.717) is 5.41 Å². The summed E-state index contributed by atoms with van der Waals surface area (Å²) < 4.78 is 7.09. The van der Waals surface area contributed by atoms with E-state index >= 15 is 0 Å². The molecule has 1 aromatic heterocycles. The van der Waals surface area contributed by atoms with Crippen LogP contribution in [-0.2, 0) is 18.3 Å². The Labute approximate surface area is 103 Å². The van der Waals surface area contributed by atoms with Crippen molar-refractivity contribution in [2.75, 3.05) is 20.3 Å². The number of hydrogen-bond acceptors (Lipinski definition) is 3. The summed E-state index contributed by atoms with van der Waals surface area (Å²) in [5.74, 6) is 0. The summed E-state index contributed by atoms with van der Waals surface area (Å²) in [6.45, 7) is 5.02. The van der Waals surface area contributed by atoms with Crippen molar-refractivity contribution in [3.8, 4) is 0 Å². The van der Waals surface area contributed by atoms with Gasteiger partial charge in [-0.3, -0.25) is 4.68 Å². The largest absolute Gasteiger partial charge is 0.385 e. The highest BCUT2D eigenvalue weighted by atomic mass is 16.5. The van der Waals surface area contributed by atoms with Crippen LogP contribution >= 0.6 is 0 Å². The molecule has 1 aromatic rings. The highest BCUT2D eigenvalue weighted by Crippen LogP contribution is 2.48. The fourth-order valence-electron chi connectivity index (χ4n) is 2.19. The lowest BCUT2D eigenvalue weighted by molar-refractivity contribution is 0.171. The average molecular weight is 237 g/mol. The molecule has 0 amide bonds. The van der Waals surface area contributed by atoms with Crippen molar-refractivity contribution in [3.63, 3.8) is 0 Å². The van der Waals surface area contributed by atoms with Crippen molar-refractivity contribution in [2.24, 2.45) is 12.5 Å². The van der Waals surface area contributed by atoms with E-state index in [1.165, 1.54) is 30.5 Å². The molecule has 0 radical (unpaired) electrons. The number of aryl methyl sites for hydroxylation is 1. The van der Waals surface area contributed by atoms with Crippen molar-refractivity contribution in [2.45, 2.75) is 32.7 Å². The van der Waals surface area contributed by atoms with Crippen molar-refractivity contribution in [3.05, 3.63) is 17.5 Å². The van der Waals surface area contributed by atoms with Gasteiger partial charge >= 0.3 is 0 Å². The Morgan fingerprint density at radius 2 is 2.29 bits per heavy atom. The zero-order valence-corrected chi connectivity index (χ0v) is 11.1. The minimum atomic E-state index is 0.520. The topological polar surface area (TPSA) is 39.1 Å². The quantitative estimate of drug-likeness (QED) is 0.783. The second-order valence-electron chi connectivity index (χ2n) is 5.23. The molecule has 1 fully saturated rings. The Bertz CT molecular complexity index is 369. The van der Waals surface area contributed by atoms with Gasteiger partial charge in [-0.1, -0.05) is 0 Å². The van der Waals surface area contributed by atoms with Gasteiger partial charge in [0.25, 0.3) is 0 Å². The van der Waals surface area contributed by atoms with Gasteiger partial charge in [-0.2, -0.15) is 5.10 Å². The van der Waals surface area contributed by atoms with Gasteiger partial charge in [0.2, 0.25) is 0 Å². The fraction of sp³-hybridized carbons (Fsp3) is 0.769. The first-order valence-corrected chi connectivity index (χ1v) is 6.34. The molecule has 96 valence electrons. The molecule has 17 heavy (non-hydrogen) atoms. The number of ether oxygens (including phenoxy) is 1. The number of aromatic nitrogens is 2. The Hall–Kier alpha value is -0.870. The van der Waals surface area contributed by atoms with Crippen LogP contribution in [0.15, 0.2) is 6.20 Å². The first kappa shape index (κ1) is 12.6. The smallest absolute Gasteiger partial charge is 0.0537 e. The summed E-state index contributed by atoms with van der Waals surface area (Å²) in [6, 6.07) is 0. The molecule has 0 atom stereocenters. The van der Waals surface area contributed by atoms with Crippen molar-refractivity contribution >= 4 is 0 Å². The number of hydrogen-bond donors (Lipinski definition) is 1. The van der Waals surface area contributed by atoms with Crippen LogP contribution in [0.2, 0.25) is 0 Å². The Kier molecular flexibility index (Phi) is 3.84. The normalized spacial score (nSPS) is 17.4.